The van der Waals surface area contributed by atoms with E-state index in [1.165, 1.54) is 0 Å². The minimum Gasteiger partial charge on any atom is -0.481 e. The number of carbonyl (C=O) groups excluding carboxylic acids is 1. The summed E-state index contributed by atoms with van der Waals surface area (Å²) in [5.41, 5.74) is -0.443. The van der Waals surface area contributed by atoms with Crippen molar-refractivity contribution in [1.29, 1.82) is 0 Å². The Hall–Kier alpha value is -1.88. The summed E-state index contributed by atoms with van der Waals surface area (Å²) in [6.45, 7) is 1.72. The molecule has 0 aliphatic carbocycles. The number of amides is 1. The lowest BCUT2D eigenvalue weighted by atomic mass is 9.82. The van der Waals surface area contributed by atoms with Crippen molar-refractivity contribution in [3.8, 4) is 0 Å². The molecule has 1 amide bonds. The normalized spacial score (nSPS) is 29.0. The number of carboxylic acids is 1. The highest BCUT2D eigenvalue weighted by Crippen LogP contribution is 2.38. The number of nitrogens with one attached hydrogen (secondary N) is 1. The molecule has 2 aliphatic heterocycles. The van der Waals surface area contributed by atoms with E-state index in [0.29, 0.717) is 5.56 Å². The van der Waals surface area contributed by atoms with E-state index in [4.69, 9.17) is 4.74 Å². The van der Waals surface area contributed by atoms with Crippen molar-refractivity contribution in [3.63, 3.8) is 0 Å². The van der Waals surface area contributed by atoms with Gasteiger partial charge in [0.05, 0.1) is 18.1 Å². The lowest BCUT2D eigenvalue weighted by molar-refractivity contribution is -0.143. The van der Waals surface area contributed by atoms with Gasteiger partial charge in [0.1, 0.15) is 5.41 Å². The molecule has 118 valence electrons. The molecule has 0 aromatic heterocycles. The molecule has 5 nitrogen and oxygen atoms in total. The van der Waals surface area contributed by atoms with Crippen molar-refractivity contribution in [1.82, 2.24) is 5.32 Å². The minimum absolute atomic E-state index is 0.0119. The van der Waals surface area contributed by atoms with Gasteiger partial charge >= 0.3 is 5.97 Å². The van der Waals surface area contributed by atoms with Gasteiger partial charge in [-0.3, -0.25) is 9.59 Å². The molecule has 0 radical (unpaired) electrons. The Labute approximate surface area is 129 Å². The van der Waals surface area contributed by atoms with Crippen LogP contribution in [0.15, 0.2) is 30.3 Å². The van der Waals surface area contributed by atoms with E-state index < -0.39 is 11.4 Å². The van der Waals surface area contributed by atoms with Crippen LogP contribution in [0.5, 0.6) is 0 Å². The number of benzene rings is 1. The van der Waals surface area contributed by atoms with Gasteiger partial charge in [0.25, 0.3) is 0 Å². The van der Waals surface area contributed by atoms with Gasteiger partial charge in [0.15, 0.2) is 0 Å². The van der Waals surface area contributed by atoms with Gasteiger partial charge in [-0.05, 0) is 31.7 Å². The van der Waals surface area contributed by atoms with Crippen LogP contribution in [-0.2, 0) is 19.7 Å². The van der Waals surface area contributed by atoms with Crippen molar-refractivity contribution in [3.05, 3.63) is 35.9 Å². The first-order chi connectivity index (χ1) is 10.5. The van der Waals surface area contributed by atoms with Crippen molar-refractivity contribution in [2.75, 3.05) is 6.54 Å². The van der Waals surface area contributed by atoms with E-state index in [0.717, 1.165) is 19.3 Å². The number of fused-ring (bicyclic) bond motifs is 2. The predicted molar refractivity (Wildman–Crippen MR) is 80.4 cm³/mol. The van der Waals surface area contributed by atoms with Crippen molar-refractivity contribution in [2.45, 2.75) is 43.8 Å². The van der Waals surface area contributed by atoms with E-state index in [-0.39, 0.29) is 30.6 Å². The second-order valence-electron chi connectivity index (χ2n) is 6.44. The number of ether oxygens (including phenoxy) is 1. The lowest BCUT2D eigenvalue weighted by Crippen LogP contribution is -2.47. The molecule has 0 spiro atoms. The Morgan fingerprint density at radius 2 is 2.05 bits per heavy atom. The summed E-state index contributed by atoms with van der Waals surface area (Å²) in [5, 5.41) is 12.4. The maximum atomic E-state index is 12.4. The maximum absolute atomic E-state index is 12.4. The molecule has 1 aromatic carbocycles. The molecular formula is C17H21NO4. The SMILES string of the molecule is CC(CNC(=O)C1CC2CCC1O2)(C(=O)O)c1ccccc1. The zero-order valence-corrected chi connectivity index (χ0v) is 12.6. The van der Waals surface area contributed by atoms with Crippen LogP contribution < -0.4 is 5.32 Å². The third-order valence-corrected chi connectivity index (χ3v) is 4.94. The Morgan fingerprint density at radius 1 is 1.32 bits per heavy atom. The van der Waals surface area contributed by atoms with Gasteiger partial charge in [0, 0.05) is 6.54 Å². The van der Waals surface area contributed by atoms with Gasteiger partial charge < -0.3 is 15.2 Å². The molecule has 2 bridgehead atoms. The van der Waals surface area contributed by atoms with Crippen LogP contribution in [0.2, 0.25) is 0 Å². The number of carbonyl (C=O) groups is 2. The van der Waals surface area contributed by atoms with Crippen LogP contribution in [0.4, 0.5) is 0 Å². The number of hydrogen-bond donors (Lipinski definition) is 2. The average Bonchev–Trinajstić information content (AvgIpc) is 3.16. The van der Waals surface area contributed by atoms with E-state index in [1.807, 2.05) is 18.2 Å². The molecule has 1 aromatic rings. The zero-order valence-electron chi connectivity index (χ0n) is 12.6. The minimum atomic E-state index is -1.13. The van der Waals surface area contributed by atoms with Crippen LogP contribution in [0, 0.1) is 5.92 Å². The van der Waals surface area contributed by atoms with Crippen molar-refractivity contribution in [2.24, 2.45) is 5.92 Å². The number of carboxylic acid groups (broad SMARTS) is 1. The molecule has 2 N–H and O–H groups in total. The summed E-state index contributed by atoms with van der Waals surface area (Å²) < 4.78 is 5.69. The van der Waals surface area contributed by atoms with Crippen LogP contribution >= 0.6 is 0 Å². The maximum Gasteiger partial charge on any atom is 0.315 e. The summed E-state index contributed by atoms with van der Waals surface area (Å²) in [4.78, 5) is 24.1. The van der Waals surface area contributed by atoms with Gasteiger partial charge in [-0.25, -0.2) is 0 Å². The lowest BCUT2D eigenvalue weighted by Gasteiger charge is -2.27. The van der Waals surface area contributed by atoms with Crippen molar-refractivity contribution >= 4 is 11.9 Å². The van der Waals surface area contributed by atoms with E-state index >= 15 is 0 Å². The molecule has 2 heterocycles. The predicted octanol–water partition coefficient (Wildman–Crippen LogP) is 1.71. The van der Waals surface area contributed by atoms with E-state index in [2.05, 4.69) is 5.32 Å². The summed E-state index contributed by atoms with van der Waals surface area (Å²) in [6.07, 6.45) is 2.94. The van der Waals surface area contributed by atoms with Gasteiger partial charge in [-0.2, -0.15) is 0 Å². The summed E-state index contributed by atoms with van der Waals surface area (Å²) in [5.74, 6) is -1.16. The molecule has 2 fully saturated rings. The molecule has 2 saturated heterocycles. The third-order valence-electron chi connectivity index (χ3n) is 4.94. The third kappa shape index (κ3) is 2.61. The zero-order chi connectivity index (χ0) is 15.7. The van der Waals surface area contributed by atoms with Gasteiger partial charge in [-0.15, -0.1) is 0 Å². The smallest absolute Gasteiger partial charge is 0.315 e. The Bertz CT molecular complexity index is 573. The summed E-state index contributed by atoms with van der Waals surface area (Å²) in [7, 11) is 0. The first-order valence-electron chi connectivity index (χ1n) is 7.73. The molecular weight excluding hydrogens is 282 g/mol. The van der Waals surface area contributed by atoms with E-state index in [1.54, 1.807) is 19.1 Å². The van der Waals surface area contributed by atoms with Crippen LogP contribution in [-0.4, -0.2) is 35.7 Å². The standard InChI is InChI=1S/C17H21NO4/c1-17(16(20)21,11-5-3-2-4-6-11)10-18-15(19)13-9-12-7-8-14(13)22-12/h2-6,12-14H,7-10H2,1H3,(H,18,19)(H,20,21). The summed E-state index contributed by atoms with van der Waals surface area (Å²) >= 11 is 0. The van der Waals surface area contributed by atoms with Gasteiger partial charge in [0.2, 0.25) is 5.91 Å². The topological polar surface area (TPSA) is 75.6 Å². The monoisotopic (exact) mass is 303 g/mol. The number of hydrogen-bond acceptors (Lipinski definition) is 3. The fraction of sp³-hybridized carbons (Fsp3) is 0.529. The Kier molecular flexibility index (Phi) is 3.91. The highest BCUT2D eigenvalue weighted by atomic mass is 16.5. The van der Waals surface area contributed by atoms with Crippen molar-refractivity contribution < 1.29 is 19.4 Å². The number of rotatable bonds is 5. The quantitative estimate of drug-likeness (QED) is 0.868. The van der Waals surface area contributed by atoms with Crippen LogP contribution in [0.3, 0.4) is 0 Å². The first-order valence-corrected chi connectivity index (χ1v) is 7.73. The van der Waals surface area contributed by atoms with Gasteiger partial charge in [-0.1, -0.05) is 30.3 Å². The second-order valence-corrected chi connectivity index (χ2v) is 6.44. The Balaban J connectivity index is 1.67. The fourth-order valence-electron chi connectivity index (χ4n) is 3.42. The molecule has 0 saturated carbocycles. The molecule has 3 rings (SSSR count). The molecule has 4 unspecified atom stereocenters. The largest absolute Gasteiger partial charge is 0.481 e. The van der Waals surface area contributed by atoms with Crippen LogP contribution in [0.25, 0.3) is 0 Å². The second kappa shape index (κ2) is 5.72. The number of aliphatic carboxylic acids is 1. The Morgan fingerprint density at radius 3 is 2.59 bits per heavy atom. The highest BCUT2D eigenvalue weighted by Gasteiger charge is 2.45. The van der Waals surface area contributed by atoms with Crippen LogP contribution in [0.1, 0.15) is 31.7 Å². The first kappa shape index (κ1) is 15.0. The molecule has 2 aliphatic rings. The average molecular weight is 303 g/mol. The fourth-order valence-corrected chi connectivity index (χ4v) is 3.42. The molecule has 4 atom stereocenters. The summed E-state index contributed by atoms with van der Waals surface area (Å²) in [6, 6.07) is 9.02. The highest BCUT2D eigenvalue weighted by molar-refractivity contribution is 5.84. The molecule has 22 heavy (non-hydrogen) atoms. The van der Waals surface area contributed by atoms with E-state index in [9.17, 15) is 14.7 Å². The molecule has 5 heteroatoms.